The first-order chi connectivity index (χ1) is 17.3. The van der Waals surface area contributed by atoms with Crippen LogP contribution in [0.25, 0.3) is 0 Å². The Morgan fingerprint density at radius 2 is 1.56 bits per heavy atom. The van der Waals surface area contributed by atoms with Crippen molar-refractivity contribution in [3.05, 3.63) is 0 Å². The molecular formula is C34H56O2. The van der Waals surface area contributed by atoms with E-state index < -0.39 is 0 Å². The minimum absolute atomic E-state index is 0.352. The van der Waals surface area contributed by atoms with Crippen molar-refractivity contribution in [2.45, 2.75) is 142 Å². The van der Waals surface area contributed by atoms with E-state index in [1.165, 1.54) is 77.0 Å². The predicted molar refractivity (Wildman–Crippen MR) is 146 cm³/mol. The third-order valence-electron chi connectivity index (χ3n) is 15.4. The summed E-state index contributed by atoms with van der Waals surface area (Å²) < 4.78 is 6.11. The highest BCUT2D eigenvalue weighted by Gasteiger charge is 2.80. The topological polar surface area (TPSA) is 29.5 Å². The molecule has 0 aromatic heterocycles. The van der Waals surface area contributed by atoms with Gasteiger partial charge in [0.05, 0.1) is 11.7 Å². The standard InChI is InChI=1S/C34H56O2/c1-22(11-18-33(35)14-7-5-6-8-15-33)26-9-10-27-25-20-23-19-24-21-29-30(36-4)13-17-32(3,34(23,24)29)28(25)12-16-31(26,27)2/h22-30,35H,5-21H2,1-4H3/t22-,23-,24?,25+,26-,27+,28+,29+,30+,31-,32-,34?/m1/s1. The minimum Gasteiger partial charge on any atom is -0.390 e. The molecule has 36 heavy (non-hydrogen) atoms. The summed E-state index contributed by atoms with van der Waals surface area (Å²) in [5.74, 6) is 7.53. The van der Waals surface area contributed by atoms with Crippen molar-refractivity contribution in [3.63, 3.8) is 0 Å². The molecule has 7 saturated carbocycles. The van der Waals surface area contributed by atoms with Gasteiger partial charge in [-0.05, 0) is 147 Å². The van der Waals surface area contributed by atoms with E-state index in [1.54, 1.807) is 12.8 Å². The molecule has 12 atom stereocenters. The first kappa shape index (κ1) is 24.9. The van der Waals surface area contributed by atoms with Gasteiger partial charge < -0.3 is 9.84 Å². The summed E-state index contributed by atoms with van der Waals surface area (Å²) in [6.45, 7) is 8.11. The fourth-order valence-corrected chi connectivity index (χ4v) is 13.9. The van der Waals surface area contributed by atoms with E-state index in [-0.39, 0.29) is 5.60 Å². The van der Waals surface area contributed by atoms with Gasteiger partial charge in [-0.3, -0.25) is 0 Å². The molecule has 0 bridgehead atoms. The van der Waals surface area contributed by atoms with E-state index >= 15 is 0 Å². The van der Waals surface area contributed by atoms with Crippen LogP contribution in [-0.2, 0) is 4.74 Å². The molecular weight excluding hydrogens is 440 g/mol. The average molecular weight is 497 g/mol. The summed E-state index contributed by atoms with van der Waals surface area (Å²) in [5, 5.41) is 11.3. The molecule has 0 aromatic carbocycles. The van der Waals surface area contributed by atoms with Crippen LogP contribution in [0.4, 0.5) is 0 Å². The van der Waals surface area contributed by atoms with E-state index in [0.717, 1.165) is 66.6 Å². The normalized spacial score (nSPS) is 55.6. The molecule has 0 aliphatic heterocycles. The van der Waals surface area contributed by atoms with Gasteiger partial charge in [0.15, 0.2) is 0 Å². The Labute approximate surface area is 222 Å². The lowest BCUT2D eigenvalue weighted by Gasteiger charge is -2.83. The van der Waals surface area contributed by atoms with Gasteiger partial charge in [0, 0.05) is 7.11 Å². The molecule has 0 amide bonds. The van der Waals surface area contributed by atoms with Crippen molar-refractivity contribution in [1.82, 2.24) is 0 Å². The zero-order valence-corrected chi connectivity index (χ0v) is 24.1. The Balaban J connectivity index is 1.08. The van der Waals surface area contributed by atoms with Gasteiger partial charge in [-0.1, -0.05) is 46.5 Å². The van der Waals surface area contributed by atoms with Crippen LogP contribution in [0, 0.1) is 63.6 Å². The number of hydrogen-bond acceptors (Lipinski definition) is 2. The van der Waals surface area contributed by atoms with Gasteiger partial charge in [-0.25, -0.2) is 0 Å². The zero-order valence-electron chi connectivity index (χ0n) is 24.1. The molecule has 1 N–H and O–H groups in total. The minimum atomic E-state index is -0.352. The lowest BCUT2D eigenvalue weighted by molar-refractivity contribution is -0.362. The van der Waals surface area contributed by atoms with Crippen LogP contribution in [0.5, 0.6) is 0 Å². The summed E-state index contributed by atoms with van der Waals surface area (Å²) in [7, 11) is 2.00. The van der Waals surface area contributed by atoms with Crippen molar-refractivity contribution in [1.29, 1.82) is 0 Å². The maximum Gasteiger partial charge on any atom is 0.0648 e. The number of ether oxygens (including phenoxy) is 1. The monoisotopic (exact) mass is 496 g/mol. The Bertz CT molecular complexity index is 844. The third-order valence-corrected chi connectivity index (χ3v) is 15.4. The van der Waals surface area contributed by atoms with Crippen LogP contribution >= 0.6 is 0 Å². The molecule has 1 spiro atoms. The lowest BCUT2D eigenvalue weighted by Crippen LogP contribution is -2.78. The molecule has 0 heterocycles. The second kappa shape index (κ2) is 8.46. The van der Waals surface area contributed by atoms with Crippen LogP contribution < -0.4 is 0 Å². The van der Waals surface area contributed by atoms with Crippen molar-refractivity contribution in [2.75, 3.05) is 7.11 Å². The van der Waals surface area contributed by atoms with Crippen molar-refractivity contribution < 1.29 is 9.84 Å². The highest BCUT2D eigenvalue weighted by atomic mass is 16.5. The fraction of sp³-hybridized carbons (Fsp3) is 1.00. The van der Waals surface area contributed by atoms with Gasteiger partial charge in [0.2, 0.25) is 0 Å². The first-order valence-electron chi connectivity index (χ1n) is 16.5. The molecule has 2 nitrogen and oxygen atoms in total. The SMILES string of the molecule is CO[C@H]1CC[C@]2(C)[C@H]3CC[C@]4(C)[C@@H]([C@H](C)CCC5(O)CCCCCC5)CC[C@H]4[C@@H]3C[C@H]3CC4C[C@@H]1C432. The number of aliphatic hydroxyl groups is 1. The van der Waals surface area contributed by atoms with Crippen molar-refractivity contribution in [2.24, 2.45) is 63.6 Å². The van der Waals surface area contributed by atoms with E-state index in [4.69, 9.17) is 4.74 Å². The molecule has 7 aliphatic carbocycles. The van der Waals surface area contributed by atoms with Crippen LogP contribution in [0.3, 0.4) is 0 Å². The Hall–Kier alpha value is -0.0800. The van der Waals surface area contributed by atoms with Crippen LogP contribution in [0.1, 0.15) is 130 Å². The maximum absolute atomic E-state index is 11.3. The third kappa shape index (κ3) is 3.10. The highest BCUT2D eigenvalue weighted by Crippen LogP contribution is 2.85. The van der Waals surface area contributed by atoms with Gasteiger partial charge in [0.1, 0.15) is 0 Å². The Kier molecular flexibility index (Phi) is 5.86. The summed E-state index contributed by atoms with van der Waals surface area (Å²) in [4.78, 5) is 0. The van der Waals surface area contributed by atoms with Gasteiger partial charge in [-0.2, -0.15) is 0 Å². The van der Waals surface area contributed by atoms with E-state index in [0.29, 0.717) is 22.3 Å². The number of fused-ring (bicyclic) bond motifs is 4. The van der Waals surface area contributed by atoms with Crippen LogP contribution in [0.15, 0.2) is 0 Å². The number of methoxy groups -OCH3 is 1. The second-order valence-electron chi connectivity index (χ2n) is 16.1. The van der Waals surface area contributed by atoms with E-state index in [9.17, 15) is 5.11 Å². The molecule has 0 aromatic rings. The van der Waals surface area contributed by atoms with E-state index in [2.05, 4.69) is 20.8 Å². The van der Waals surface area contributed by atoms with Gasteiger partial charge in [-0.15, -0.1) is 0 Å². The molecule has 7 rings (SSSR count). The fourth-order valence-electron chi connectivity index (χ4n) is 13.9. The van der Waals surface area contributed by atoms with Crippen molar-refractivity contribution >= 4 is 0 Å². The largest absolute Gasteiger partial charge is 0.390 e. The van der Waals surface area contributed by atoms with Gasteiger partial charge >= 0.3 is 0 Å². The predicted octanol–water partition coefficient (Wildman–Crippen LogP) is 8.41. The van der Waals surface area contributed by atoms with Crippen molar-refractivity contribution in [3.8, 4) is 0 Å². The number of hydrogen-bond donors (Lipinski definition) is 1. The molecule has 7 aliphatic rings. The van der Waals surface area contributed by atoms with Gasteiger partial charge in [0.25, 0.3) is 0 Å². The smallest absolute Gasteiger partial charge is 0.0648 e. The summed E-state index contributed by atoms with van der Waals surface area (Å²) in [6.07, 6.45) is 23.4. The zero-order chi connectivity index (χ0) is 24.9. The lowest BCUT2D eigenvalue weighted by atomic mass is 9.22. The highest BCUT2D eigenvalue weighted by molar-refractivity contribution is 5.28. The molecule has 2 unspecified atom stereocenters. The summed E-state index contributed by atoms with van der Waals surface area (Å²) in [5.41, 5.74) is 1.46. The van der Waals surface area contributed by atoms with E-state index in [1.807, 2.05) is 7.11 Å². The average Bonchev–Trinajstić information content (AvgIpc) is 3.05. The van der Waals surface area contributed by atoms with Crippen LogP contribution in [-0.4, -0.2) is 23.9 Å². The molecule has 2 heteroatoms. The Morgan fingerprint density at radius 3 is 2.28 bits per heavy atom. The summed E-state index contributed by atoms with van der Waals surface area (Å²) >= 11 is 0. The Morgan fingerprint density at radius 1 is 0.806 bits per heavy atom. The molecule has 0 saturated heterocycles. The quantitative estimate of drug-likeness (QED) is 0.387. The van der Waals surface area contributed by atoms with Crippen LogP contribution in [0.2, 0.25) is 0 Å². The molecule has 204 valence electrons. The summed E-state index contributed by atoms with van der Waals surface area (Å²) in [6, 6.07) is 0. The first-order valence-corrected chi connectivity index (χ1v) is 16.5. The molecule has 7 fully saturated rings. The maximum atomic E-state index is 11.3. The number of rotatable bonds is 5. The molecule has 0 radical (unpaired) electrons. The second-order valence-corrected chi connectivity index (χ2v) is 16.1.